The van der Waals surface area contributed by atoms with Crippen LogP contribution in [0, 0.1) is 11.6 Å². The highest BCUT2D eigenvalue weighted by Gasteiger charge is 2.14. The molecule has 82 valence electrons. The van der Waals surface area contributed by atoms with Crippen molar-refractivity contribution in [3.63, 3.8) is 0 Å². The van der Waals surface area contributed by atoms with Crippen LogP contribution in [-0.4, -0.2) is 9.97 Å². The number of hydrogen-bond acceptors (Lipinski definition) is 2. The zero-order chi connectivity index (χ0) is 11.7. The third-order valence-corrected chi connectivity index (χ3v) is 2.88. The highest BCUT2D eigenvalue weighted by Crippen LogP contribution is 2.29. The molecule has 0 aliphatic carbocycles. The molecule has 16 heavy (non-hydrogen) atoms. The van der Waals surface area contributed by atoms with Crippen LogP contribution in [0.25, 0.3) is 11.4 Å². The lowest BCUT2D eigenvalue weighted by Gasteiger charge is -2.04. The Morgan fingerprint density at radius 1 is 1.19 bits per heavy atom. The van der Waals surface area contributed by atoms with E-state index in [1.807, 2.05) is 0 Å². The SMILES string of the molecule is Fc1ccc(-c2nccc(Cl)n2)c(Br)c1F. The topological polar surface area (TPSA) is 25.8 Å². The molecular formula is C10H4BrClF2N2. The minimum absolute atomic E-state index is 0.0187. The predicted molar refractivity (Wildman–Crippen MR) is 60.1 cm³/mol. The van der Waals surface area contributed by atoms with E-state index in [2.05, 4.69) is 25.9 Å². The molecule has 0 saturated carbocycles. The molecule has 0 radical (unpaired) electrons. The van der Waals surface area contributed by atoms with E-state index in [0.717, 1.165) is 6.07 Å². The molecular weight excluding hydrogens is 301 g/mol. The number of rotatable bonds is 1. The normalized spacial score (nSPS) is 10.5. The van der Waals surface area contributed by atoms with Crippen LogP contribution in [0.15, 0.2) is 28.9 Å². The summed E-state index contributed by atoms with van der Waals surface area (Å²) in [6, 6.07) is 3.90. The van der Waals surface area contributed by atoms with Gasteiger partial charge in [-0.1, -0.05) is 11.6 Å². The monoisotopic (exact) mass is 304 g/mol. The summed E-state index contributed by atoms with van der Waals surface area (Å²) in [5, 5.41) is 0.238. The third kappa shape index (κ3) is 2.05. The first-order chi connectivity index (χ1) is 7.59. The molecule has 0 bridgehead atoms. The Morgan fingerprint density at radius 3 is 2.62 bits per heavy atom. The van der Waals surface area contributed by atoms with E-state index in [9.17, 15) is 8.78 Å². The molecule has 0 saturated heterocycles. The molecule has 0 fully saturated rings. The summed E-state index contributed by atoms with van der Waals surface area (Å²) in [6.45, 7) is 0. The molecule has 6 heteroatoms. The number of aromatic nitrogens is 2. The quantitative estimate of drug-likeness (QED) is 0.591. The highest BCUT2D eigenvalue weighted by atomic mass is 79.9. The molecule has 0 atom stereocenters. The van der Waals surface area contributed by atoms with Gasteiger partial charge in [0.2, 0.25) is 0 Å². The fourth-order valence-electron chi connectivity index (χ4n) is 1.17. The van der Waals surface area contributed by atoms with E-state index in [-0.39, 0.29) is 15.5 Å². The molecule has 0 N–H and O–H groups in total. The van der Waals surface area contributed by atoms with Gasteiger partial charge in [0, 0.05) is 11.8 Å². The largest absolute Gasteiger partial charge is 0.236 e. The van der Waals surface area contributed by atoms with Crippen molar-refractivity contribution in [2.75, 3.05) is 0 Å². The molecule has 1 heterocycles. The average molecular weight is 306 g/mol. The molecule has 2 rings (SSSR count). The fraction of sp³-hybridized carbons (Fsp3) is 0. The van der Waals surface area contributed by atoms with Crippen molar-refractivity contribution in [2.24, 2.45) is 0 Å². The lowest BCUT2D eigenvalue weighted by atomic mass is 10.2. The summed E-state index contributed by atoms with van der Waals surface area (Å²) in [7, 11) is 0. The summed E-state index contributed by atoms with van der Waals surface area (Å²) in [5.74, 6) is -1.67. The van der Waals surface area contributed by atoms with Crippen LogP contribution in [0.3, 0.4) is 0 Å². The Balaban J connectivity index is 2.61. The van der Waals surface area contributed by atoms with Crippen LogP contribution in [0.1, 0.15) is 0 Å². The number of hydrogen-bond donors (Lipinski definition) is 0. The van der Waals surface area contributed by atoms with Crippen molar-refractivity contribution >= 4 is 27.5 Å². The zero-order valence-corrected chi connectivity index (χ0v) is 10.1. The maximum atomic E-state index is 13.3. The molecule has 0 amide bonds. The molecule has 0 aliphatic heterocycles. The molecule has 1 aromatic carbocycles. The summed E-state index contributed by atoms with van der Waals surface area (Å²) in [5.41, 5.74) is 0.349. The summed E-state index contributed by atoms with van der Waals surface area (Å²) in [6.07, 6.45) is 1.44. The van der Waals surface area contributed by atoms with E-state index in [0.29, 0.717) is 5.56 Å². The standard InChI is InChI=1S/C10H4BrClF2N2/c11-8-5(1-2-6(13)9(8)14)10-15-4-3-7(12)16-10/h1-4H. The highest BCUT2D eigenvalue weighted by molar-refractivity contribution is 9.10. The molecule has 0 spiro atoms. The lowest BCUT2D eigenvalue weighted by Crippen LogP contribution is -1.93. The van der Waals surface area contributed by atoms with Crippen LogP contribution in [0.4, 0.5) is 8.78 Å². The molecule has 2 nitrogen and oxygen atoms in total. The van der Waals surface area contributed by atoms with E-state index < -0.39 is 11.6 Å². The van der Waals surface area contributed by atoms with Gasteiger partial charge in [-0.05, 0) is 34.1 Å². The van der Waals surface area contributed by atoms with E-state index in [1.165, 1.54) is 18.3 Å². The van der Waals surface area contributed by atoms with Gasteiger partial charge in [-0.15, -0.1) is 0 Å². The van der Waals surface area contributed by atoms with Crippen LogP contribution in [0.2, 0.25) is 5.15 Å². The Morgan fingerprint density at radius 2 is 1.94 bits per heavy atom. The zero-order valence-electron chi connectivity index (χ0n) is 7.72. The molecule has 0 aliphatic rings. The smallest absolute Gasteiger partial charge is 0.173 e. The van der Waals surface area contributed by atoms with Gasteiger partial charge in [0.25, 0.3) is 0 Å². The van der Waals surface area contributed by atoms with Gasteiger partial charge in [-0.25, -0.2) is 18.7 Å². The average Bonchev–Trinajstić information content (AvgIpc) is 2.26. The second-order valence-corrected chi connectivity index (χ2v) is 4.11. The van der Waals surface area contributed by atoms with Crippen molar-refractivity contribution in [2.45, 2.75) is 0 Å². The molecule has 1 aromatic heterocycles. The van der Waals surface area contributed by atoms with Crippen molar-refractivity contribution in [1.29, 1.82) is 0 Å². The Bertz CT molecular complexity index is 548. The summed E-state index contributed by atoms with van der Waals surface area (Å²) < 4.78 is 26.1. The van der Waals surface area contributed by atoms with Crippen molar-refractivity contribution < 1.29 is 8.78 Å². The third-order valence-electron chi connectivity index (χ3n) is 1.90. The van der Waals surface area contributed by atoms with Crippen LogP contribution < -0.4 is 0 Å². The predicted octanol–water partition coefficient (Wildman–Crippen LogP) is 3.84. The second kappa shape index (κ2) is 4.43. The van der Waals surface area contributed by atoms with E-state index >= 15 is 0 Å². The van der Waals surface area contributed by atoms with Crippen LogP contribution in [-0.2, 0) is 0 Å². The van der Waals surface area contributed by atoms with Crippen LogP contribution in [0.5, 0.6) is 0 Å². The fourth-order valence-corrected chi connectivity index (χ4v) is 1.80. The molecule has 0 unspecified atom stereocenters. The first kappa shape index (κ1) is 11.4. The second-order valence-electron chi connectivity index (χ2n) is 2.93. The van der Waals surface area contributed by atoms with Gasteiger partial charge < -0.3 is 0 Å². The van der Waals surface area contributed by atoms with Crippen molar-refractivity contribution in [3.8, 4) is 11.4 Å². The number of halogens is 4. The maximum absolute atomic E-state index is 13.3. The Kier molecular flexibility index (Phi) is 3.16. The van der Waals surface area contributed by atoms with Crippen LogP contribution >= 0.6 is 27.5 Å². The number of benzene rings is 1. The summed E-state index contributed by atoms with van der Waals surface area (Å²) >= 11 is 8.64. The minimum atomic E-state index is -0.971. The first-order valence-electron chi connectivity index (χ1n) is 4.22. The van der Waals surface area contributed by atoms with Gasteiger partial charge in [0.15, 0.2) is 17.5 Å². The first-order valence-corrected chi connectivity index (χ1v) is 5.39. The lowest BCUT2D eigenvalue weighted by molar-refractivity contribution is 0.504. The summed E-state index contributed by atoms with van der Waals surface area (Å²) in [4.78, 5) is 7.84. The van der Waals surface area contributed by atoms with E-state index in [1.54, 1.807) is 0 Å². The molecule has 2 aromatic rings. The van der Waals surface area contributed by atoms with Gasteiger partial charge in [0.1, 0.15) is 5.15 Å². The Labute approximate surface area is 103 Å². The van der Waals surface area contributed by atoms with Crippen molar-refractivity contribution in [3.05, 3.63) is 45.7 Å². The number of nitrogens with zero attached hydrogens (tertiary/aromatic N) is 2. The maximum Gasteiger partial charge on any atom is 0.173 e. The van der Waals surface area contributed by atoms with Gasteiger partial charge in [-0.2, -0.15) is 0 Å². The Hall–Kier alpha value is -1.07. The minimum Gasteiger partial charge on any atom is -0.236 e. The van der Waals surface area contributed by atoms with E-state index in [4.69, 9.17) is 11.6 Å². The van der Waals surface area contributed by atoms with Gasteiger partial charge in [-0.3, -0.25) is 0 Å². The van der Waals surface area contributed by atoms with Gasteiger partial charge in [0.05, 0.1) is 4.47 Å². The van der Waals surface area contributed by atoms with Gasteiger partial charge >= 0.3 is 0 Å². The van der Waals surface area contributed by atoms with Crippen molar-refractivity contribution in [1.82, 2.24) is 9.97 Å².